The molecular formula is C52H38N2O2S. The Morgan fingerprint density at radius 2 is 1.28 bits per heavy atom. The maximum atomic E-state index is 6.88. The number of rotatable bonds is 5. The maximum absolute atomic E-state index is 6.88. The fourth-order valence-electron chi connectivity index (χ4n) is 10.1. The SMILES string of the molecule is Nc1c(/C(=N\Cc2ccc3oc4cc(-c5cccc6c5C5(CCCCC5)c5ccccc5-6)ccc4c3c2)c2ccc3c(c2)oc2ccccc23)sc2ccccc12. The summed E-state index contributed by atoms with van der Waals surface area (Å²) in [6.45, 7) is 0.487. The van der Waals surface area contributed by atoms with E-state index in [2.05, 4.69) is 127 Å². The monoisotopic (exact) mass is 754 g/mol. The minimum atomic E-state index is 0.0796. The molecular weight excluding hydrogens is 717 g/mol. The van der Waals surface area contributed by atoms with Crippen LogP contribution in [0.3, 0.4) is 0 Å². The molecule has 2 N–H and O–H groups in total. The molecule has 1 spiro atoms. The van der Waals surface area contributed by atoms with Gasteiger partial charge in [-0.1, -0.05) is 116 Å². The minimum absolute atomic E-state index is 0.0796. The molecule has 1 fully saturated rings. The van der Waals surface area contributed by atoms with Crippen molar-refractivity contribution in [3.8, 4) is 22.3 Å². The first-order valence-electron chi connectivity index (χ1n) is 20.1. The number of nitrogen functional groups attached to an aromatic ring is 1. The molecule has 0 radical (unpaired) electrons. The second-order valence-corrected chi connectivity index (χ2v) is 16.9. The van der Waals surface area contributed by atoms with Crippen molar-refractivity contribution in [3.05, 3.63) is 173 Å². The fraction of sp³-hybridized carbons (Fsp3) is 0.135. The van der Waals surface area contributed by atoms with Gasteiger partial charge in [-0.25, -0.2) is 0 Å². The molecule has 0 aliphatic heterocycles. The summed E-state index contributed by atoms with van der Waals surface area (Å²) in [6.07, 6.45) is 6.27. The van der Waals surface area contributed by atoms with E-state index in [0.29, 0.717) is 6.54 Å². The van der Waals surface area contributed by atoms with Crippen molar-refractivity contribution < 1.29 is 8.83 Å². The van der Waals surface area contributed by atoms with Crippen LogP contribution in [0.5, 0.6) is 0 Å². The summed E-state index contributed by atoms with van der Waals surface area (Å²) in [5.41, 5.74) is 22.6. The Kier molecular flexibility index (Phi) is 7.21. The highest BCUT2D eigenvalue weighted by atomic mass is 32.1. The highest BCUT2D eigenvalue weighted by molar-refractivity contribution is 7.21. The second kappa shape index (κ2) is 12.5. The molecule has 3 heterocycles. The van der Waals surface area contributed by atoms with Crippen molar-refractivity contribution in [1.82, 2.24) is 0 Å². The standard InChI is InChI=1S/C52H38N2O2S/c53-49-40-13-4-7-18-47(40)57-51(49)50(33-21-23-37-36-12-3-6-17-43(36)55-46(37)29-33)54-30-31-19-24-44-41(27-31)38-22-20-32(28-45(38)56-44)34-14-10-15-39-35-11-2-5-16-42(35)52(48(34)39)25-8-1-9-26-52/h2-7,10-24,27-29H,1,8-9,25-26,30,53H2/b54-50-. The average Bonchev–Trinajstić information content (AvgIpc) is 3.99. The van der Waals surface area contributed by atoms with Crippen LogP contribution >= 0.6 is 11.3 Å². The predicted molar refractivity (Wildman–Crippen MR) is 238 cm³/mol. The quantitative estimate of drug-likeness (QED) is 0.178. The third-order valence-electron chi connectivity index (χ3n) is 12.8. The van der Waals surface area contributed by atoms with Crippen LogP contribution in [0.4, 0.5) is 5.69 Å². The fourth-order valence-corrected chi connectivity index (χ4v) is 11.3. The molecule has 0 bridgehead atoms. The number of anilines is 1. The smallest absolute Gasteiger partial charge is 0.136 e. The number of furan rings is 2. The van der Waals surface area contributed by atoms with Gasteiger partial charge in [-0.3, -0.25) is 4.99 Å². The lowest BCUT2D eigenvalue weighted by atomic mass is 9.66. The van der Waals surface area contributed by atoms with E-state index < -0.39 is 0 Å². The number of nitrogens with two attached hydrogens (primary N) is 1. The molecule has 2 aliphatic carbocycles. The molecule has 0 atom stereocenters. The number of benzene rings is 7. The van der Waals surface area contributed by atoms with Crippen LogP contribution in [-0.2, 0) is 12.0 Å². The van der Waals surface area contributed by atoms with Crippen molar-refractivity contribution in [2.75, 3.05) is 5.73 Å². The first-order valence-corrected chi connectivity index (χ1v) is 20.9. The van der Waals surface area contributed by atoms with Crippen LogP contribution < -0.4 is 5.73 Å². The first-order chi connectivity index (χ1) is 28.1. The molecule has 5 heteroatoms. The van der Waals surface area contributed by atoms with Gasteiger partial charge in [0.25, 0.3) is 0 Å². The average molecular weight is 755 g/mol. The Morgan fingerprint density at radius 3 is 2.18 bits per heavy atom. The van der Waals surface area contributed by atoms with Crippen molar-refractivity contribution in [2.24, 2.45) is 4.99 Å². The van der Waals surface area contributed by atoms with Crippen molar-refractivity contribution >= 4 is 76.7 Å². The third-order valence-corrected chi connectivity index (χ3v) is 13.9. The van der Waals surface area contributed by atoms with Crippen LogP contribution in [-0.4, -0.2) is 5.71 Å². The van der Waals surface area contributed by atoms with Gasteiger partial charge in [0.2, 0.25) is 0 Å². The van der Waals surface area contributed by atoms with E-state index in [4.69, 9.17) is 19.6 Å². The highest BCUT2D eigenvalue weighted by Crippen LogP contribution is 2.58. The van der Waals surface area contributed by atoms with Crippen molar-refractivity contribution in [3.63, 3.8) is 0 Å². The summed E-state index contributed by atoms with van der Waals surface area (Å²) in [5, 5.41) is 5.48. The first kappa shape index (κ1) is 32.8. The summed E-state index contributed by atoms with van der Waals surface area (Å²) >= 11 is 1.69. The molecule has 0 amide bonds. The van der Waals surface area contributed by atoms with Gasteiger partial charge in [-0.2, -0.15) is 0 Å². The summed E-state index contributed by atoms with van der Waals surface area (Å²) in [7, 11) is 0. The van der Waals surface area contributed by atoms with E-state index in [1.54, 1.807) is 11.3 Å². The van der Waals surface area contributed by atoms with Crippen LogP contribution in [0.25, 0.3) is 76.2 Å². The van der Waals surface area contributed by atoms with Gasteiger partial charge in [0.15, 0.2) is 0 Å². The summed E-state index contributed by atoms with van der Waals surface area (Å²) in [5.74, 6) is 0. The zero-order valence-corrected chi connectivity index (χ0v) is 32.2. The molecule has 57 heavy (non-hydrogen) atoms. The zero-order valence-electron chi connectivity index (χ0n) is 31.3. The van der Waals surface area contributed by atoms with Gasteiger partial charge in [-0.15, -0.1) is 11.3 Å². The van der Waals surface area contributed by atoms with E-state index in [1.165, 1.54) is 65.5 Å². The van der Waals surface area contributed by atoms with Crippen LogP contribution in [0.15, 0.2) is 159 Å². The number of para-hydroxylation sites is 1. The molecule has 7 aromatic carbocycles. The number of hydrogen-bond acceptors (Lipinski definition) is 5. The largest absolute Gasteiger partial charge is 0.456 e. The summed E-state index contributed by atoms with van der Waals surface area (Å²) < 4.78 is 14.1. The van der Waals surface area contributed by atoms with Gasteiger partial charge in [0.05, 0.1) is 22.8 Å². The predicted octanol–water partition coefficient (Wildman–Crippen LogP) is 14.2. The zero-order chi connectivity index (χ0) is 37.7. The van der Waals surface area contributed by atoms with E-state index in [1.807, 2.05) is 18.2 Å². The van der Waals surface area contributed by atoms with Crippen LogP contribution in [0.1, 0.15) is 59.2 Å². The van der Waals surface area contributed by atoms with E-state index in [0.717, 1.165) is 81.4 Å². The lowest BCUT2D eigenvalue weighted by Gasteiger charge is -2.37. The topological polar surface area (TPSA) is 64.7 Å². The Labute approximate surface area is 333 Å². The Bertz CT molecular complexity index is 3280. The normalized spacial score (nSPS) is 15.1. The van der Waals surface area contributed by atoms with E-state index >= 15 is 0 Å². The molecule has 4 nitrogen and oxygen atoms in total. The molecule has 274 valence electrons. The number of aliphatic imine (C=N–C) groups is 1. The maximum Gasteiger partial charge on any atom is 0.136 e. The third kappa shape index (κ3) is 4.95. The van der Waals surface area contributed by atoms with Gasteiger partial charge >= 0.3 is 0 Å². The molecule has 2 aliphatic rings. The van der Waals surface area contributed by atoms with Crippen LogP contribution in [0, 0.1) is 0 Å². The molecule has 1 saturated carbocycles. The van der Waals surface area contributed by atoms with E-state index in [-0.39, 0.29) is 5.41 Å². The minimum Gasteiger partial charge on any atom is -0.456 e. The molecule has 12 rings (SSSR count). The highest BCUT2D eigenvalue weighted by Gasteiger charge is 2.45. The lowest BCUT2D eigenvalue weighted by Crippen LogP contribution is -2.28. The van der Waals surface area contributed by atoms with Crippen molar-refractivity contribution in [2.45, 2.75) is 44.1 Å². The summed E-state index contributed by atoms with van der Waals surface area (Å²) in [4.78, 5) is 6.31. The number of nitrogens with zero attached hydrogens (tertiary/aromatic N) is 1. The summed E-state index contributed by atoms with van der Waals surface area (Å²) in [6, 6.07) is 52.2. The van der Waals surface area contributed by atoms with Gasteiger partial charge in [0, 0.05) is 42.6 Å². The Morgan fingerprint density at radius 1 is 0.579 bits per heavy atom. The molecule has 3 aromatic heterocycles. The van der Waals surface area contributed by atoms with Gasteiger partial charge in [0.1, 0.15) is 22.3 Å². The van der Waals surface area contributed by atoms with Gasteiger partial charge in [-0.05, 0) is 100 Å². The number of fused-ring (bicyclic) bond motifs is 12. The number of thiophene rings is 1. The lowest BCUT2D eigenvalue weighted by molar-refractivity contribution is 0.353. The second-order valence-electron chi connectivity index (χ2n) is 15.9. The molecule has 10 aromatic rings. The van der Waals surface area contributed by atoms with E-state index in [9.17, 15) is 0 Å². The number of hydrogen-bond donors (Lipinski definition) is 1. The van der Waals surface area contributed by atoms with Crippen LogP contribution in [0.2, 0.25) is 0 Å². The Balaban J connectivity index is 0.942. The Hall–Kier alpha value is -6.43. The van der Waals surface area contributed by atoms with Crippen molar-refractivity contribution in [1.29, 1.82) is 0 Å². The molecule has 0 saturated heterocycles. The molecule has 0 unspecified atom stereocenters. The van der Waals surface area contributed by atoms with Gasteiger partial charge < -0.3 is 14.6 Å².